The number of aromatic nitrogens is 2. The molecule has 10 heteroatoms. The summed E-state index contributed by atoms with van der Waals surface area (Å²) in [5.74, 6) is 0.0869. The molecule has 4 N–H and O–H groups in total. The molecule has 1 unspecified atom stereocenters. The maximum Gasteiger partial charge on any atom is 0.341 e. The van der Waals surface area contributed by atoms with Gasteiger partial charge in [0.1, 0.15) is 16.6 Å². The van der Waals surface area contributed by atoms with E-state index in [9.17, 15) is 9.59 Å². The van der Waals surface area contributed by atoms with Crippen molar-refractivity contribution in [2.45, 2.75) is 25.8 Å². The lowest BCUT2D eigenvalue weighted by Crippen LogP contribution is -2.28. The van der Waals surface area contributed by atoms with Gasteiger partial charge in [-0.2, -0.15) is 5.11 Å². The van der Waals surface area contributed by atoms with E-state index in [-0.39, 0.29) is 17.9 Å². The number of esters is 1. The molecule has 9 nitrogen and oxygen atoms in total. The number of azo groups is 1. The Balaban J connectivity index is 1.55. The van der Waals surface area contributed by atoms with E-state index in [1.807, 2.05) is 60.7 Å². The standard InChI is InChI=1S/C27H24N6O3S/c1-2-36-27(35)21-20-18(37-24(21)28)14-13-17-19(20)23(15-9-5-3-6-10-15)33-25(29-17)22(26(34)32-33)31-30-16-11-7-4-8-12-16/h3-12,23,29H,2,13-14,28H2,1H3,(H,32,34). The minimum atomic E-state index is -0.442. The molecule has 0 bridgehead atoms. The first kappa shape index (κ1) is 23.0. The molecule has 2 aliphatic rings. The zero-order valence-electron chi connectivity index (χ0n) is 20.0. The number of hydrogen-bond donors (Lipinski definition) is 3. The van der Waals surface area contributed by atoms with E-state index in [1.54, 1.807) is 11.6 Å². The van der Waals surface area contributed by atoms with Gasteiger partial charge in [-0.3, -0.25) is 14.6 Å². The third-order valence-corrected chi connectivity index (χ3v) is 7.60. The van der Waals surface area contributed by atoms with Crippen molar-refractivity contribution in [1.82, 2.24) is 9.78 Å². The van der Waals surface area contributed by atoms with Gasteiger partial charge >= 0.3 is 5.97 Å². The lowest BCUT2D eigenvalue weighted by molar-refractivity contribution is 0.0527. The number of aromatic amines is 1. The van der Waals surface area contributed by atoms with Crippen LogP contribution in [0, 0.1) is 0 Å². The molecule has 1 aliphatic heterocycles. The second kappa shape index (κ2) is 9.21. The molecule has 0 saturated heterocycles. The van der Waals surface area contributed by atoms with Crippen LogP contribution in [0.4, 0.5) is 22.2 Å². The molecule has 0 radical (unpaired) electrons. The van der Waals surface area contributed by atoms with E-state index in [2.05, 4.69) is 20.6 Å². The molecule has 37 heavy (non-hydrogen) atoms. The molecule has 0 saturated carbocycles. The average Bonchev–Trinajstić information content (AvgIpc) is 3.42. The highest BCUT2D eigenvalue weighted by Gasteiger charge is 2.39. The summed E-state index contributed by atoms with van der Waals surface area (Å²) in [5.41, 5.74) is 10.8. The first-order chi connectivity index (χ1) is 18.1. The van der Waals surface area contributed by atoms with E-state index in [1.165, 1.54) is 11.3 Å². The second-order valence-electron chi connectivity index (χ2n) is 8.73. The van der Waals surface area contributed by atoms with Gasteiger partial charge in [0.15, 0.2) is 11.5 Å². The summed E-state index contributed by atoms with van der Waals surface area (Å²) in [6, 6.07) is 18.7. The molecule has 0 amide bonds. The van der Waals surface area contributed by atoms with Gasteiger partial charge in [0.05, 0.1) is 12.3 Å². The number of thiophene rings is 1. The lowest BCUT2D eigenvalue weighted by atomic mass is 9.83. The van der Waals surface area contributed by atoms with Crippen LogP contribution < -0.4 is 16.6 Å². The van der Waals surface area contributed by atoms with Crippen LogP contribution in [-0.2, 0) is 11.2 Å². The van der Waals surface area contributed by atoms with E-state index in [0.717, 1.165) is 27.3 Å². The van der Waals surface area contributed by atoms with Crippen LogP contribution in [0.2, 0.25) is 0 Å². The number of ether oxygens (including phenoxy) is 1. The molecule has 1 aliphatic carbocycles. The Morgan fingerprint density at radius 2 is 1.84 bits per heavy atom. The van der Waals surface area contributed by atoms with Crippen LogP contribution >= 0.6 is 11.3 Å². The number of nitrogens with one attached hydrogen (secondary N) is 2. The topological polar surface area (TPSA) is 127 Å². The summed E-state index contributed by atoms with van der Waals surface area (Å²) in [5, 5.41) is 15.4. The predicted molar refractivity (Wildman–Crippen MR) is 144 cm³/mol. The molecule has 2 aromatic carbocycles. The number of allylic oxidation sites excluding steroid dienone is 2. The highest BCUT2D eigenvalue weighted by molar-refractivity contribution is 7.16. The first-order valence-corrected chi connectivity index (χ1v) is 12.8. The van der Waals surface area contributed by atoms with Gasteiger partial charge < -0.3 is 15.8 Å². The molecular formula is C27H24N6O3S. The Morgan fingerprint density at radius 1 is 1.11 bits per heavy atom. The second-order valence-corrected chi connectivity index (χ2v) is 9.87. The minimum Gasteiger partial charge on any atom is -0.462 e. The molecule has 4 aromatic rings. The van der Waals surface area contributed by atoms with Gasteiger partial charge in [-0.1, -0.05) is 48.5 Å². The van der Waals surface area contributed by atoms with Crippen molar-refractivity contribution >= 4 is 45.1 Å². The van der Waals surface area contributed by atoms with E-state index in [4.69, 9.17) is 10.5 Å². The van der Waals surface area contributed by atoms with E-state index in [0.29, 0.717) is 34.9 Å². The van der Waals surface area contributed by atoms with Crippen LogP contribution in [0.25, 0.3) is 5.57 Å². The quantitative estimate of drug-likeness (QED) is 0.231. The number of rotatable bonds is 5. The monoisotopic (exact) mass is 512 g/mol. The molecular weight excluding hydrogens is 488 g/mol. The van der Waals surface area contributed by atoms with Crippen molar-refractivity contribution in [1.29, 1.82) is 0 Å². The number of nitrogens with two attached hydrogens (primary N) is 1. The third kappa shape index (κ3) is 3.86. The fourth-order valence-corrected chi connectivity index (χ4v) is 6.06. The Morgan fingerprint density at radius 3 is 2.57 bits per heavy atom. The normalized spacial score (nSPS) is 16.2. The summed E-state index contributed by atoms with van der Waals surface area (Å²) in [7, 11) is 0. The van der Waals surface area contributed by atoms with Crippen molar-refractivity contribution < 1.29 is 9.53 Å². The number of nitrogen functional groups attached to an aromatic ring is 1. The van der Waals surface area contributed by atoms with Crippen molar-refractivity contribution in [3.8, 4) is 0 Å². The zero-order chi connectivity index (χ0) is 25.5. The Kier molecular flexibility index (Phi) is 5.72. The number of H-pyrrole nitrogens is 1. The Hall–Kier alpha value is -4.44. The van der Waals surface area contributed by atoms with Crippen molar-refractivity contribution in [2.75, 3.05) is 17.7 Å². The lowest BCUT2D eigenvalue weighted by Gasteiger charge is -2.35. The maximum absolute atomic E-state index is 13.1. The summed E-state index contributed by atoms with van der Waals surface area (Å²) in [6.45, 7) is 2.02. The van der Waals surface area contributed by atoms with Crippen molar-refractivity contribution in [3.63, 3.8) is 0 Å². The van der Waals surface area contributed by atoms with Crippen LogP contribution in [0.15, 0.2) is 81.4 Å². The van der Waals surface area contributed by atoms with Gasteiger partial charge in [-0.05, 0) is 37.5 Å². The molecule has 1 atom stereocenters. The number of hydrogen-bond acceptors (Lipinski definition) is 8. The summed E-state index contributed by atoms with van der Waals surface area (Å²) >= 11 is 1.42. The number of fused-ring (bicyclic) bond motifs is 3. The Labute approximate surface area is 216 Å². The Bertz CT molecular complexity index is 1610. The highest BCUT2D eigenvalue weighted by atomic mass is 32.1. The van der Waals surface area contributed by atoms with E-state index >= 15 is 0 Å². The zero-order valence-corrected chi connectivity index (χ0v) is 20.8. The molecule has 0 fully saturated rings. The molecule has 0 spiro atoms. The number of nitrogens with zero attached hydrogens (tertiary/aromatic N) is 3. The number of benzene rings is 2. The van der Waals surface area contributed by atoms with Gasteiger partial charge in [-0.25, -0.2) is 4.79 Å². The minimum absolute atomic E-state index is 0.192. The number of aryl methyl sites for hydroxylation is 1. The average molecular weight is 513 g/mol. The van der Waals surface area contributed by atoms with Crippen LogP contribution in [0.5, 0.6) is 0 Å². The number of carbonyl (C=O) groups excluding carboxylic acids is 1. The molecule has 186 valence electrons. The summed E-state index contributed by atoms with van der Waals surface area (Å²) < 4.78 is 7.14. The van der Waals surface area contributed by atoms with Crippen molar-refractivity contribution in [3.05, 3.63) is 98.3 Å². The summed E-state index contributed by atoms with van der Waals surface area (Å²) in [6.07, 6.45) is 1.41. The fraction of sp³-hybridized carbons (Fsp3) is 0.185. The fourth-order valence-electron chi connectivity index (χ4n) is 4.99. The largest absolute Gasteiger partial charge is 0.462 e. The van der Waals surface area contributed by atoms with Gasteiger partial charge in [0.2, 0.25) is 0 Å². The summed E-state index contributed by atoms with van der Waals surface area (Å²) in [4.78, 5) is 27.2. The first-order valence-electron chi connectivity index (χ1n) is 12.0. The maximum atomic E-state index is 13.1. The number of anilines is 2. The van der Waals surface area contributed by atoms with Crippen LogP contribution in [-0.4, -0.2) is 22.4 Å². The van der Waals surface area contributed by atoms with Crippen LogP contribution in [0.1, 0.15) is 45.7 Å². The molecule has 2 aromatic heterocycles. The smallest absolute Gasteiger partial charge is 0.341 e. The number of carbonyl (C=O) groups is 1. The SMILES string of the molecule is CCOC(=O)c1c(N)sc2c1C1=C(CC2)Nc2c(N=Nc3ccccc3)c(=O)[nH]n2C1c1ccccc1. The van der Waals surface area contributed by atoms with Gasteiger partial charge in [-0.15, -0.1) is 16.5 Å². The van der Waals surface area contributed by atoms with Crippen LogP contribution in [0.3, 0.4) is 0 Å². The van der Waals surface area contributed by atoms with Gasteiger partial charge in [0.25, 0.3) is 5.56 Å². The van der Waals surface area contributed by atoms with Gasteiger partial charge in [0, 0.05) is 21.7 Å². The highest BCUT2D eigenvalue weighted by Crippen LogP contribution is 2.51. The predicted octanol–water partition coefficient (Wildman–Crippen LogP) is 5.78. The van der Waals surface area contributed by atoms with Crippen molar-refractivity contribution in [2.24, 2.45) is 10.2 Å². The molecule has 6 rings (SSSR count). The van der Waals surface area contributed by atoms with E-state index < -0.39 is 12.0 Å². The third-order valence-electron chi connectivity index (χ3n) is 6.52. The molecule has 3 heterocycles.